The Morgan fingerprint density at radius 1 is 1.15 bits per heavy atom. The van der Waals surface area contributed by atoms with Gasteiger partial charge in [-0.2, -0.15) is 0 Å². The third kappa shape index (κ3) is 4.95. The highest BCUT2D eigenvalue weighted by Crippen LogP contribution is 2.22. The Balaban J connectivity index is 2.22. The lowest BCUT2D eigenvalue weighted by molar-refractivity contribution is -0.117. The van der Waals surface area contributed by atoms with Gasteiger partial charge in [-0.25, -0.2) is 4.79 Å². The number of rotatable bonds is 8. The minimum Gasteiger partial charge on any atom is -0.460 e. The second-order valence-corrected chi connectivity index (χ2v) is 6.01. The summed E-state index contributed by atoms with van der Waals surface area (Å²) >= 11 is 0. The maximum Gasteiger partial charge on any atom is 0.340 e. The van der Waals surface area contributed by atoms with Gasteiger partial charge < -0.3 is 25.5 Å². The lowest BCUT2D eigenvalue weighted by Crippen LogP contribution is -2.18. The van der Waals surface area contributed by atoms with E-state index in [2.05, 4.69) is 10.3 Å². The number of ether oxygens (including phenoxy) is 2. The van der Waals surface area contributed by atoms with Crippen molar-refractivity contribution in [2.24, 2.45) is 5.73 Å². The number of aromatic nitrogens is 1. The molecular weight excluding hydrogens is 350 g/mol. The number of carbonyl (C=O) groups excluding carboxylic acids is 3. The highest BCUT2D eigenvalue weighted by Gasteiger charge is 2.23. The van der Waals surface area contributed by atoms with Crippen LogP contribution >= 0.6 is 0 Å². The van der Waals surface area contributed by atoms with E-state index in [4.69, 9.17) is 15.2 Å². The van der Waals surface area contributed by atoms with Crippen LogP contribution in [0.2, 0.25) is 0 Å². The zero-order valence-corrected chi connectivity index (χ0v) is 15.5. The summed E-state index contributed by atoms with van der Waals surface area (Å²) < 4.78 is 9.99. The Kier molecular flexibility index (Phi) is 6.73. The molecule has 0 atom stereocenters. The first kappa shape index (κ1) is 20.2. The Bertz CT molecular complexity index is 857. The van der Waals surface area contributed by atoms with Crippen molar-refractivity contribution in [2.75, 3.05) is 25.6 Å². The predicted molar refractivity (Wildman–Crippen MR) is 99.7 cm³/mol. The quantitative estimate of drug-likeness (QED) is 0.480. The molecule has 4 N–H and O–H groups in total. The smallest absolute Gasteiger partial charge is 0.340 e. The SMILES string of the molecule is COCCOC(=O)c1c(C)[nH]c(C(=O)Nc2ccccc2CC(N)=O)c1C. The first-order valence-electron chi connectivity index (χ1n) is 8.38. The van der Waals surface area contributed by atoms with Gasteiger partial charge in [0.1, 0.15) is 12.3 Å². The zero-order valence-electron chi connectivity index (χ0n) is 15.5. The lowest BCUT2D eigenvalue weighted by Gasteiger charge is -2.10. The summed E-state index contributed by atoms with van der Waals surface area (Å²) in [6.45, 7) is 3.78. The normalized spacial score (nSPS) is 10.5. The number of nitrogens with one attached hydrogen (secondary N) is 2. The number of methoxy groups -OCH3 is 1. The number of para-hydroxylation sites is 1. The van der Waals surface area contributed by atoms with Gasteiger partial charge in [0.25, 0.3) is 5.91 Å². The Hall–Kier alpha value is -3.13. The van der Waals surface area contributed by atoms with E-state index in [0.29, 0.717) is 28.1 Å². The fraction of sp³-hybridized carbons (Fsp3) is 0.316. The zero-order chi connectivity index (χ0) is 20.0. The number of esters is 1. The van der Waals surface area contributed by atoms with E-state index < -0.39 is 17.8 Å². The first-order valence-corrected chi connectivity index (χ1v) is 8.38. The van der Waals surface area contributed by atoms with E-state index in [1.54, 1.807) is 38.1 Å². The second-order valence-electron chi connectivity index (χ2n) is 6.01. The molecule has 0 fully saturated rings. The van der Waals surface area contributed by atoms with E-state index in [9.17, 15) is 14.4 Å². The highest BCUT2D eigenvalue weighted by atomic mass is 16.6. The van der Waals surface area contributed by atoms with Crippen molar-refractivity contribution in [1.29, 1.82) is 0 Å². The number of hydrogen-bond donors (Lipinski definition) is 3. The van der Waals surface area contributed by atoms with E-state index in [0.717, 1.165) is 0 Å². The Labute approximate surface area is 157 Å². The third-order valence-electron chi connectivity index (χ3n) is 4.02. The summed E-state index contributed by atoms with van der Waals surface area (Å²) in [6.07, 6.45) is 0.0102. The largest absolute Gasteiger partial charge is 0.460 e. The molecule has 0 bridgehead atoms. The van der Waals surface area contributed by atoms with Crippen LogP contribution in [0.25, 0.3) is 0 Å². The molecule has 2 aromatic rings. The van der Waals surface area contributed by atoms with Crippen LogP contribution < -0.4 is 11.1 Å². The fourth-order valence-corrected chi connectivity index (χ4v) is 2.74. The third-order valence-corrected chi connectivity index (χ3v) is 4.02. The average Bonchev–Trinajstić information content (AvgIpc) is 2.91. The number of benzene rings is 1. The van der Waals surface area contributed by atoms with Crippen molar-refractivity contribution in [2.45, 2.75) is 20.3 Å². The molecule has 2 amide bonds. The molecular formula is C19H23N3O5. The van der Waals surface area contributed by atoms with Crippen LogP contribution in [0.15, 0.2) is 24.3 Å². The number of aryl methyl sites for hydroxylation is 1. The summed E-state index contributed by atoms with van der Waals surface area (Å²) in [5.41, 5.74) is 7.93. The van der Waals surface area contributed by atoms with E-state index >= 15 is 0 Å². The molecule has 0 radical (unpaired) electrons. The predicted octanol–water partition coefficient (Wildman–Crippen LogP) is 1.71. The number of carbonyl (C=O) groups is 3. The van der Waals surface area contributed by atoms with Crippen LogP contribution in [0.3, 0.4) is 0 Å². The number of amides is 2. The molecule has 0 unspecified atom stereocenters. The highest BCUT2D eigenvalue weighted by molar-refractivity contribution is 6.07. The maximum atomic E-state index is 12.7. The molecule has 0 saturated heterocycles. The number of anilines is 1. The number of nitrogens with two attached hydrogens (primary N) is 1. The van der Waals surface area contributed by atoms with Crippen LogP contribution in [0.5, 0.6) is 0 Å². The number of hydrogen-bond acceptors (Lipinski definition) is 5. The van der Waals surface area contributed by atoms with Gasteiger partial charge in [0.15, 0.2) is 0 Å². The number of primary amides is 1. The fourth-order valence-electron chi connectivity index (χ4n) is 2.74. The van der Waals surface area contributed by atoms with E-state index in [-0.39, 0.29) is 25.3 Å². The van der Waals surface area contributed by atoms with E-state index in [1.165, 1.54) is 7.11 Å². The standard InChI is InChI=1S/C19H23N3O5/c1-11-16(19(25)27-9-8-26-3)12(2)21-17(11)18(24)22-14-7-5-4-6-13(14)10-15(20)23/h4-7,21H,8-10H2,1-3H3,(H2,20,23)(H,22,24). The minimum absolute atomic E-state index is 0.0102. The molecule has 1 heterocycles. The molecule has 8 heteroatoms. The van der Waals surface area contributed by atoms with Crippen molar-refractivity contribution >= 4 is 23.5 Å². The van der Waals surface area contributed by atoms with Gasteiger partial charge in [-0.05, 0) is 31.0 Å². The van der Waals surface area contributed by atoms with Crippen LogP contribution in [-0.2, 0) is 20.7 Å². The number of aromatic amines is 1. The molecule has 27 heavy (non-hydrogen) atoms. The van der Waals surface area contributed by atoms with E-state index in [1.807, 2.05) is 0 Å². The van der Waals surface area contributed by atoms with Crippen LogP contribution in [0, 0.1) is 13.8 Å². The van der Waals surface area contributed by atoms with Gasteiger partial charge in [-0.3, -0.25) is 9.59 Å². The summed E-state index contributed by atoms with van der Waals surface area (Å²) in [5.74, 6) is -1.44. The van der Waals surface area contributed by atoms with Crippen molar-refractivity contribution < 1.29 is 23.9 Å². The molecule has 0 saturated carbocycles. The van der Waals surface area contributed by atoms with Crippen molar-refractivity contribution in [3.63, 3.8) is 0 Å². The maximum absolute atomic E-state index is 12.7. The molecule has 2 rings (SSSR count). The van der Waals surface area contributed by atoms with Crippen molar-refractivity contribution in [1.82, 2.24) is 4.98 Å². The Morgan fingerprint density at radius 3 is 2.52 bits per heavy atom. The molecule has 0 aliphatic carbocycles. The van der Waals surface area contributed by atoms with Gasteiger partial charge in [0.05, 0.1) is 18.6 Å². The number of H-pyrrole nitrogens is 1. The lowest BCUT2D eigenvalue weighted by atomic mass is 10.1. The molecule has 1 aromatic heterocycles. The van der Waals surface area contributed by atoms with Gasteiger partial charge in [0.2, 0.25) is 5.91 Å². The summed E-state index contributed by atoms with van der Waals surface area (Å²) in [5, 5.41) is 2.75. The molecule has 144 valence electrons. The minimum atomic E-state index is -0.522. The van der Waals surface area contributed by atoms with Crippen molar-refractivity contribution in [3.8, 4) is 0 Å². The molecule has 0 aliphatic heterocycles. The molecule has 0 aliphatic rings. The van der Waals surface area contributed by atoms with Crippen molar-refractivity contribution in [3.05, 3.63) is 52.3 Å². The monoisotopic (exact) mass is 373 g/mol. The summed E-state index contributed by atoms with van der Waals surface area (Å²) in [7, 11) is 1.51. The topological polar surface area (TPSA) is 124 Å². The molecule has 8 nitrogen and oxygen atoms in total. The van der Waals surface area contributed by atoms with Gasteiger partial charge in [-0.15, -0.1) is 0 Å². The second kappa shape index (κ2) is 9.00. The average molecular weight is 373 g/mol. The van der Waals surface area contributed by atoms with Gasteiger partial charge in [-0.1, -0.05) is 18.2 Å². The summed E-state index contributed by atoms with van der Waals surface area (Å²) in [4.78, 5) is 39.1. The van der Waals surface area contributed by atoms with Gasteiger partial charge in [0, 0.05) is 18.5 Å². The van der Waals surface area contributed by atoms with Gasteiger partial charge >= 0.3 is 5.97 Å². The van der Waals surface area contributed by atoms with Crippen LogP contribution in [0.4, 0.5) is 5.69 Å². The first-order chi connectivity index (χ1) is 12.8. The molecule has 0 spiro atoms. The summed E-state index contributed by atoms with van der Waals surface area (Å²) in [6, 6.07) is 6.89. The Morgan fingerprint density at radius 2 is 1.85 bits per heavy atom. The van der Waals surface area contributed by atoms with Crippen LogP contribution in [0.1, 0.15) is 37.7 Å². The molecule has 1 aromatic carbocycles. The van der Waals surface area contributed by atoms with Crippen LogP contribution in [-0.4, -0.2) is 43.1 Å².